The van der Waals surface area contributed by atoms with Crippen molar-refractivity contribution in [3.8, 4) is 11.5 Å². The monoisotopic (exact) mass is 461 g/mol. The zero-order valence-corrected chi connectivity index (χ0v) is 19.4. The minimum Gasteiger partial charge on any atom is -0.457 e. The summed E-state index contributed by atoms with van der Waals surface area (Å²) in [6, 6.07) is 27.2. The highest BCUT2D eigenvalue weighted by atomic mass is 32.2. The maximum Gasteiger partial charge on any atom is 0.224 e. The van der Waals surface area contributed by atoms with E-state index < -0.39 is 0 Å². The molecule has 0 unspecified atom stereocenters. The zero-order chi connectivity index (χ0) is 23.0. The molecule has 1 aliphatic heterocycles. The molecule has 4 rings (SSSR count). The van der Waals surface area contributed by atoms with Gasteiger partial charge in [0, 0.05) is 25.1 Å². The van der Waals surface area contributed by atoms with Crippen molar-refractivity contribution in [1.29, 1.82) is 0 Å². The fraction of sp³-hybridized carbons (Fsp3) is 0.259. The van der Waals surface area contributed by atoms with Crippen molar-refractivity contribution in [2.45, 2.75) is 37.8 Å². The molecule has 1 saturated heterocycles. The Labute approximate surface area is 198 Å². The zero-order valence-electron chi connectivity index (χ0n) is 18.6. The first-order chi connectivity index (χ1) is 16.1. The molecule has 170 valence electrons. The number of hydrogen-bond acceptors (Lipinski definition) is 5. The van der Waals surface area contributed by atoms with E-state index in [-0.39, 0.29) is 22.3 Å². The van der Waals surface area contributed by atoms with E-state index in [0.717, 1.165) is 22.6 Å². The molecule has 0 spiro atoms. The van der Waals surface area contributed by atoms with Gasteiger partial charge in [-0.3, -0.25) is 9.59 Å². The Morgan fingerprint density at radius 1 is 0.909 bits per heavy atom. The van der Waals surface area contributed by atoms with E-state index in [1.54, 1.807) is 6.92 Å². The lowest BCUT2D eigenvalue weighted by molar-refractivity contribution is -0.130. The smallest absolute Gasteiger partial charge is 0.224 e. The van der Waals surface area contributed by atoms with Gasteiger partial charge < -0.3 is 14.4 Å². The topological polar surface area (TPSA) is 55.8 Å². The van der Waals surface area contributed by atoms with Crippen LogP contribution in [0.4, 0.5) is 0 Å². The predicted molar refractivity (Wildman–Crippen MR) is 130 cm³/mol. The number of thioether (sulfide) groups is 1. The summed E-state index contributed by atoms with van der Waals surface area (Å²) in [5.74, 6) is 1.57. The van der Waals surface area contributed by atoms with Crippen LogP contribution in [0.25, 0.3) is 0 Å². The lowest BCUT2D eigenvalue weighted by Crippen LogP contribution is -2.39. The van der Waals surface area contributed by atoms with Crippen molar-refractivity contribution in [2.75, 3.05) is 6.61 Å². The second-order valence-corrected chi connectivity index (χ2v) is 9.42. The third-order valence-corrected chi connectivity index (χ3v) is 6.61. The van der Waals surface area contributed by atoms with Crippen LogP contribution in [0.15, 0.2) is 84.9 Å². The number of carbonyl (C=O) groups excluding carboxylic acids is 2. The number of hydrogen-bond donors (Lipinski definition) is 0. The van der Waals surface area contributed by atoms with Gasteiger partial charge in [-0.05, 0) is 35.4 Å². The van der Waals surface area contributed by atoms with Crippen LogP contribution in [-0.4, -0.2) is 33.8 Å². The second-order valence-electron chi connectivity index (χ2n) is 8.00. The van der Waals surface area contributed by atoms with Gasteiger partial charge in [0.15, 0.2) is 5.12 Å². The summed E-state index contributed by atoms with van der Waals surface area (Å²) in [6.07, 6.45) is 0.346. The third kappa shape index (κ3) is 6.46. The molecular weight excluding hydrogens is 434 g/mol. The van der Waals surface area contributed by atoms with Crippen LogP contribution in [0.1, 0.15) is 24.5 Å². The number of likely N-dealkylation sites (tertiary alicyclic amines) is 1. The lowest BCUT2D eigenvalue weighted by Gasteiger charge is -2.28. The number of rotatable bonds is 9. The van der Waals surface area contributed by atoms with E-state index in [1.807, 2.05) is 89.8 Å². The first kappa shape index (κ1) is 23.1. The Morgan fingerprint density at radius 3 is 2.21 bits per heavy atom. The molecule has 0 bridgehead atoms. The Kier molecular flexibility index (Phi) is 7.81. The molecule has 3 aromatic rings. The number of ether oxygens (including phenoxy) is 2. The second kappa shape index (κ2) is 11.2. The molecule has 0 N–H and O–H groups in total. The fourth-order valence-electron chi connectivity index (χ4n) is 3.90. The average molecular weight is 462 g/mol. The minimum absolute atomic E-state index is 0.0186. The van der Waals surface area contributed by atoms with Crippen LogP contribution < -0.4 is 4.74 Å². The first-order valence-electron chi connectivity index (χ1n) is 11.0. The summed E-state index contributed by atoms with van der Waals surface area (Å²) in [6.45, 7) is 2.88. The molecule has 6 heteroatoms. The number of benzene rings is 3. The molecule has 0 aliphatic carbocycles. The average Bonchev–Trinajstić information content (AvgIpc) is 3.10. The molecule has 1 aliphatic rings. The quantitative estimate of drug-likeness (QED) is 0.424. The highest BCUT2D eigenvalue weighted by Crippen LogP contribution is 2.32. The van der Waals surface area contributed by atoms with E-state index >= 15 is 0 Å². The summed E-state index contributed by atoms with van der Waals surface area (Å²) >= 11 is 1.24. The summed E-state index contributed by atoms with van der Waals surface area (Å²) in [5.41, 5.74) is 2.09. The Morgan fingerprint density at radius 2 is 1.55 bits per heavy atom. The Bertz CT molecular complexity index is 1060. The van der Waals surface area contributed by atoms with E-state index in [0.29, 0.717) is 26.2 Å². The highest BCUT2D eigenvalue weighted by molar-refractivity contribution is 8.14. The summed E-state index contributed by atoms with van der Waals surface area (Å²) in [4.78, 5) is 26.5. The molecule has 0 radical (unpaired) electrons. The van der Waals surface area contributed by atoms with Crippen LogP contribution in [0.5, 0.6) is 11.5 Å². The van der Waals surface area contributed by atoms with Gasteiger partial charge in [0.25, 0.3) is 0 Å². The van der Waals surface area contributed by atoms with Crippen molar-refractivity contribution < 1.29 is 19.1 Å². The van der Waals surface area contributed by atoms with E-state index in [2.05, 4.69) is 0 Å². The molecule has 0 aromatic heterocycles. The molecule has 0 saturated carbocycles. The van der Waals surface area contributed by atoms with Gasteiger partial charge in [0.2, 0.25) is 5.91 Å². The molecule has 33 heavy (non-hydrogen) atoms. The van der Waals surface area contributed by atoms with Crippen molar-refractivity contribution >= 4 is 22.8 Å². The lowest BCUT2D eigenvalue weighted by atomic mass is 10.1. The molecule has 1 fully saturated rings. The van der Waals surface area contributed by atoms with Crippen molar-refractivity contribution in [2.24, 2.45) is 0 Å². The van der Waals surface area contributed by atoms with Crippen molar-refractivity contribution in [3.63, 3.8) is 0 Å². The molecule has 1 heterocycles. The van der Waals surface area contributed by atoms with Crippen LogP contribution >= 0.6 is 11.8 Å². The van der Waals surface area contributed by atoms with Crippen molar-refractivity contribution in [1.82, 2.24) is 4.90 Å². The van der Waals surface area contributed by atoms with Gasteiger partial charge in [0.1, 0.15) is 11.5 Å². The summed E-state index contributed by atoms with van der Waals surface area (Å²) in [7, 11) is 0. The van der Waals surface area contributed by atoms with Gasteiger partial charge in [0.05, 0.1) is 19.3 Å². The largest absolute Gasteiger partial charge is 0.457 e. The number of carbonyl (C=O) groups is 2. The Balaban J connectivity index is 1.41. The van der Waals surface area contributed by atoms with Crippen molar-refractivity contribution in [3.05, 3.63) is 96.1 Å². The number of amides is 1. The fourth-order valence-corrected chi connectivity index (χ4v) is 4.94. The maximum absolute atomic E-state index is 12.8. The predicted octanol–water partition coefficient (Wildman–Crippen LogP) is 5.44. The highest BCUT2D eigenvalue weighted by Gasteiger charge is 2.40. The van der Waals surface area contributed by atoms with Gasteiger partial charge >= 0.3 is 0 Å². The third-order valence-electron chi connectivity index (χ3n) is 5.50. The summed E-state index contributed by atoms with van der Waals surface area (Å²) in [5, 5.41) is -0.0865. The van der Waals surface area contributed by atoms with Gasteiger partial charge in [-0.25, -0.2) is 0 Å². The van der Waals surface area contributed by atoms with Gasteiger partial charge in [-0.2, -0.15) is 0 Å². The molecule has 3 aromatic carbocycles. The van der Waals surface area contributed by atoms with Crippen LogP contribution in [-0.2, 0) is 27.5 Å². The van der Waals surface area contributed by atoms with Crippen LogP contribution in [0, 0.1) is 0 Å². The van der Waals surface area contributed by atoms with E-state index in [1.165, 1.54) is 11.8 Å². The normalized spacial score (nSPS) is 17.8. The molecule has 2 atom stereocenters. The molecular formula is C27H27NO4S. The minimum atomic E-state index is -0.157. The SMILES string of the molecule is CC(=O)S[C@@H]1CC(=O)N(Cc2ccc(Oc3ccccc3)cc2)[C@H]1COCc1ccccc1. The maximum atomic E-state index is 12.8. The van der Waals surface area contributed by atoms with Gasteiger partial charge in [-0.1, -0.05) is 72.4 Å². The van der Waals surface area contributed by atoms with Gasteiger partial charge in [-0.15, -0.1) is 0 Å². The first-order valence-corrected chi connectivity index (χ1v) is 11.9. The summed E-state index contributed by atoms with van der Waals surface area (Å²) < 4.78 is 11.8. The van der Waals surface area contributed by atoms with E-state index in [9.17, 15) is 9.59 Å². The molecule has 1 amide bonds. The van der Waals surface area contributed by atoms with E-state index in [4.69, 9.17) is 9.47 Å². The number of para-hydroxylation sites is 1. The van der Waals surface area contributed by atoms with Crippen LogP contribution in [0.2, 0.25) is 0 Å². The number of nitrogens with zero attached hydrogens (tertiary/aromatic N) is 1. The van der Waals surface area contributed by atoms with Crippen LogP contribution in [0.3, 0.4) is 0 Å². The Hall–Kier alpha value is -3.09. The molecule has 5 nitrogen and oxygen atoms in total. The standard InChI is InChI=1S/C27H27NO4S/c1-20(29)33-26-16-27(30)28(25(26)19-31-18-22-8-4-2-5-9-22)17-21-12-14-24(15-13-21)32-23-10-6-3-7-11-23/h2-15,25-26H,16-19H2,1H3/t25-,26+/m0/s1.